The molecule has 1 unspecified atom stereocenters. The van der Waals surface area contributed by atoms with E-state index in [2.05, 4.69) is 31.1 Å². The molecule has 0 N–H and O–H groups in total. The van der Waals surface area contributed by atoms with Crippen LogP contribution in [0.5, 0.6) is 5.75 Å². The molecule has 0 fully saturated rings. The summed E-state index contributed by atoms with van der Waals surface area (Å²) in [5.41, 5.74) is 4.96. The first kappa shape index (κ1) is 20.0. The summed E-state index contributed by atoms with van der Waals surface area (Å²) in [5.74, 6) is 2.43. The monoisotopic (exact) mass is 346 g/mol. The first-order chi connectivity index (χ1) is 11.2. The Bertz CT molecular complexity index is 662. The third kappa shape index (κ3) is 6.21. The summed E-state index contributed by atoms with van der Waals surface area (Å²) in [7, 11) is 0.0864. The van der Waals surface area contributed by atoms with Crippen molar-refractivity contribution in [3.63, 3.8) is 0 Å². The summed E-state index contributed by atoms with van der Waals surface area (Å²) in [6, 6.07) is 5.57. The highest BCUT2D eigenvalue weighted by atomic mass is 28.3. The number of Topliss-reactive ketones (excluding diaryl/α,β-unsaturated/α-hetero) is 1. The van der Waals surface area contributed by atoms with Gasteiger partial charge >= 0.3 is 5.97 Å². The van der Waals surface area contributed by atoms with Crippen molar-refractivity contribution >= 4 is 19.8 Å². The molecule has 0 amide bonds. The summed E-state index contributed by atoms with van der Waals surface area (Å²) < 4.78 is 10.4. The molecular weight excluding hydrogens is 320 g/mol. The SMILES string of the molecule is CCOC(=O)C(Cc1ccc(OC)c(C#C[Si](C)(C)C)c1)C(C)=O. The standard InChI is InChI=1S/C19H26O4Si/c1-7-23-19(21)17(14(2)20)13-15-8-9-18(22-3)16(12-15)10-11-24(4,5)6/h8-9,12,17H,7,13H2,1-6H3. The Morgan fingerprint density at radius 2 is 1.92 bits per heavy atom. The van der Waals surface area contributed by atoms with Crippen LogP contribution in [0.3, 0.4) is 0 Å². The summed E-state index contributed by atoms with van der Waals surface area (Å²) in [6.07, 6.45) is 0.305. The highest BCUT2D eigenvalue weighted by molar-refractivity contribution is 6.83. The Kier molecular flexibility index (Phi) is 7.24. The molecule has 5 heteroatoms. The normalized spacial score (nSPS) is 11.9. The third-order valence-electron chi connectivity index (χ3n) is 3.34. The molecule has 1 aromatic rings. The number of ketones is 1. The molecule has 4 nitrogen and oxygen atoms in total. The van der Waals surface area contributed by atoms with Gasteiger partial charge in [0.2, 0.25) is 0 Å². The number of hydrogen-bond acceptors (Lipinski definition) is 4. The van der Waals surface area contributed by atoms with Crippen molar-refractivity contribution in [3.05, 3.63) is 29.3 Å². The van der Waals surface area contributed by atoms with Crippen LogP contribution in [0.4, 0.5) is 0 Å². The molecule has 0 radical (unpaired) electrons. The number of carbonyl (C=O) groups is 2. The average Bonchev–Trinajstić information content (AvgIpc) is 2.49. The van der Waals surface area contributed by atoms with Crippen molar-refractivity contribution in [2.24, 2.45) is 5.92 Å². The minimum absolute atomic E-state index is 0.195. The highest BCUT2D eigenvalue weighted by Crippen LogP contribution is 2.22. The van der Waals surface area contributed by atoms with Gasteiger partial charge < -0.3 is 9.47 Å². The second-order valence-corrected chi connectivity index (χ2v) is 11.4. The summed E-state index contributed by atoms with van der Waals surface area (Å²) in [5, 5.41) is 0. The predicted octanol–water partition coefficient (Wildman–Crippen LogP) is 3.23. The first-order valence-corrected chi connectivity index (χ1v) is 11.5. The molecule has 0 saturated carbocycles. The summed E-state index contributed by atoms with van der Waals surface area (Å²) in [6.45, 7) is 9.91. The van der Waals surface area contributed by atoms with Crippen LogP contribution in [-0.4, -0.2) is 33.5 Å². The van der Waals surface area contributed by atoms with Gasteiger partial charge in [0.25, 0.3) is 0 Å². The lowest BCUT2D eigenvalue weighted by Crippen LogP contribution is -2.26. The number of hydrogen-bond donors (Lipinski definition) is 0. The van der Waals surface area contributed by atoms with Crippen molar-refractivity contribution in [1.29, 1.82) is 0 Å². The zero-order chi connectivity index (χ0) is 18.3. The van der Waals surface area contributed by atoms with Crippen LogP contribution in [0.15, 0.2) is 18.2 Å². The minimum atomic E-state index is -1.52. The summed E-state index contributed by atoms with van der Waals surface area (Å²) in [4.78, 5) is 23.7. The van der Waals surface area contributed by atoms with Gasteiger partial charge in [-0.05, 0) is 38.0 Å². The van der Waals surface area contributed by atoms with Crippen LogP contribution in [0.25, 0.3) is 0 Å². The van der Waals surface area contributed by atoms with Crippen LogP contribution < -0.4 is 4.74 Å². The van der Waals surface area contributed by atoms with E-state index in [4.69, 9.17) is 9.47 Å². The van der Waals surface area contributed by atoms with E-state index in [1.54, 1.807) is 14.0 Å². The Morgan fingerprint density at radius 1 is 1.25 bits per heavy atom. The molecular formula is C19H26O4Si. The molecule has 130 valence electrons. The molecule has 0 aliphatic rings. The van der Waals surface area contributed by atoms with Gasteiger partial charge in [-0.3, -0.25) is 9.59 Å². The number of methoxy groups -OCH3 is 1. The molecule has 0 aromatic heterocycles. The van der Waals surface area contributed by atoms with Gasteiger partial charge in [-0.25, -0.2) is 0 Å². The maximum absolute atomic E-state index is 12.0. The van der Waals surface area contributed by atoms with Gasteiger partial charge in [-0.1, -0.05) is 31.6 Å². The topological polar surface area (TPSA) is 52.6 Å². The Balaban J connectivity index is 3.13. The van der Waals surface area contributed by atoms with E-state index >= 15 is 0 Å². The number of benzene rings is 1. The molecule has 1 aromatic carbocycles. The van der Waals surface area contributed by atoms with Crippen LogP contribution in [0.2, 0.25) is 19.6 Å². The quantitative estimate of drug-likeness (QED) is 0.343. The first-order valence-electron chi connectivity index (χ1n) is 8.05. The van der Waals surface area contributed by atoms with Gasteiger partial charge in [-0.15, -0.1) is 5.54 Å². The lowest BCUT2D eigenvalue weighted by molar-refractivity contribution is -0.151. The molecule has 0 aliphatic carbocycles. The molecule has 1 rings (SSSR count). The molecule has 0 aliphatic heterocycles. The molecule has 24 heavy (non-hydrogen) atoms. The Hall–Kier alpha value is -2.06. The van der Waals surface area contributed by atoms with Gasteiger partial charge in [-0.2, -0.15) is 0 Å². The van der Waals surface area contributed by atoms with Gasteiger partial charge in [0.15, 0.2) is 0 Å². The second-order valence-electron chi connectivity index (χ2n) is 6.65. The highest BCUT2D eigenvalue weighted by Gasteiger charge is 2.25. The number of ether oxygens (including phenoxy) is 2. The maximum Gasteiger partial charge on any atom is 0.316 e. The second kappa shape index (κ2) is 8.70. The van der Waals surface area contributed by atoms with Gasteiger partial charge in [0.1, 0.15) is 25.5 Å². The lowest BCUT2D eigenvalue weighted by atomic mass is 9.95. The predicted molar refractivity (Wildman–Crippen MR) is 97.7 cm³/mol. The fraction of sp³-hybridized carbons (Fsp3) is 0.474. The van der Waals surface area contributed by atoms with E-state index in [0.29, 0.717) is 12.2 Å². The number of carbonyl (C=O) groups excluding carboxylic acids is 2. The van der Waals surface area contributed by atoms with E-state index in [1.807, 2.05) is 18.2 Å². The van der Waals surface area contributed by atoms with Crippen molar-refractivity contribution < 1.29 is 19.1 Å². The van der Waals surface area contributed by atoms with Crippen molar-refractivity contribution in [1.82, 2.24) is 0 Å². The van der Waals surface area contributed by atoms with E-state index in [9.17, 15) is 9.59 Å². The van der Waals surface area contributed by atoms with Crippen LogP contribution in [0, 0.1) is 17.4 Å². The smallest absolute Gasteiger partial charge is 0.316 e. The van der Waals surface area contributed by atoms with Crippen molar-refractivity contribution in [2.45, 2.75) is 39.9 Å². The molecule has 0 saturated heterocycles. The van der Waals surface area contributed by atoms with E-state index in [0.717, 1.165) is 11.1 Å². The molecule has 0 bridgehead atoms. The summed E-state index contributed by atoms with van der Waals surface area (Å²) >= 11 is 0. The minimum Gasteiger partial charge on any atom is -0.495 e. The Morgan fingerprint density at radius 3 is 2.42 bits per heavy atom. The zero-order valence-electron chi connectivity index (χ0n) is 15.4. The van der Waals surface area contributed by atoms with E-state index in [1.165, 1.54) is 6.92 Å². The van der Waals surface area contributed by atoms with Crippen LogP contribution >= 0.6 is 0 Å². The van der Waals surface area contributed by atoms with Gasteiger partial charge in [0.05, 0.1) is 19.3 Å². The molecule has 1 atom stereocenters. The van der Waals surface area contributed by atoms with Crippen LogP contribution in [-0.2, 0) is 20.7 Å². The van der Waals surface area contributed by atoms with E-state index < -0.39 is 20.0 Å². The van der Waals surface area contributed by atoms with Crippen molar-refractivity contribution in [2.75, 3.05) is 13.7 Å². The lowest BCUT2D eigenvalue weighted by Gasteiger charge is -2.14. The Labute approximate surface area is 145 Å². The maximum atomic E-state index is 12.0. The van der Waals surface area contributed by atoms with Gasteiger partial charge in [0, 0.05) is 0 Å². The largest absolute Gasteiger partial charge is 0.495 e. The zero-order valence-corrected chi connectivity index (χ0v) is 16.4. The number of rotatable bonds is 6. The van der Waals surface area contributed by atoms with E-state index in [-0.39, 0.29) is 12.4 Å². The molecule has 0 heterocycles. The fourth-order valence-corrected chi connectivity index (χ4v) is 2.62. The fourth-order valence-electron chi connectivity index (χ4n) is 2.11. The molecule has 0 spiro atoms. The average molecular weight is 346 g/mol. The number of esters is 1. The van der Waals surface area contributed by atoms with Crippen LogP contribution in [0.1, 0.15) is 25.0 Å². The van der Waals surface area contributed by atoms with Crippen molar-refractivity contribution in [3.8, 4) is 17.2 Å². The third-order valence-corrected chi connectivity index (χ3v) is 4.21.